The molecule has 0 aromatic carbocycles. The van der Waals surface area contributed by atoms with Crippen LogP contribution in [-0.2, 0) is 10.5 Å². The molecule has 116 valence electrons. The third kappa shape index (κ3) is 4.36. The summed E-state index contributed by atoms with van der Waals surface area (Å²) in [4.78, 5) is 14.7. The Labute approximate surface area is 137 Å². The lowest BCUT2D eigenvalue weighted by molar-refractivity contribution is -0.128. The first kappa shape index (κ1) is 16.6. The summed E-state index contributed by atoms with van der Waals surface area (Å²) < 4.78 is 5.30. The van der Waals surface area contributed by atoms with Crippen molar-refractivity contribution in [3.8, 4) is 16.7 Å². The first-order valence-electron chi connectivity index (χ1n) is 6.81. The number of aromatic nitrogens is 1. The van der Waals surface area contributed by atoms with Gasteiger partial charge < -0.3 is 9.42 Å². The number of carbonyl (C=O) groups excluding carboxylic acids is 1. The second-order valence-electron chi connectivity index (χ2n) is 4.87. The van der Waals surface area contributed by atoms with Crippen LogP contribution in [0.2, 0.25) is 0 Å². The predicted octanol–water partition coefficient (Wildman–Crippen LogP) is 3.40. The van der Waals surface area contributed by atoms with Crippen molar-refractivity contribution in [3.05, 3.63) is 29.3 Å². The molecule has 0 saturated carbocycles. The quantitative estimate of drug-likeness (QED) is 0.775. The standard InChI is InChI=1S/C15H17N3O2S2/c1-11(5-6-16)18(2)15(19)10-21-9-12-8-13(20-17-12)14-4-3-7-22-14/h3-4,7-8,11H,5,9-10H2,1-2H3. The van der Waals surface area contributed by atoms with E-state index in [9.17, 15) is 4.79 Å². The van der Waals surface area contributed by atoms with Crippen molar-refractivity contribution in [1.29, 1.82) is 5.26 Å². The second kappa shape index (κ2) is 8.01. The van der Waals surface area contributed by atoms with Gasteiger partial charge in [0.25, 0.3) is 0 Å². The van der Waals surface area contributed by atoms with E-state index in [0.29, 0.717) is 17.9 Å². The molecule has 0 fully saturated rings. The molecule has 0 bridgehead atoms. The van der Waals surface area contributed by atoms with Crippen LogP contribution in [0.25, 0.3) is 10.6 Å². The fraction of sp³-hybridized carbons (Fsp3) is 0.400. The maximum absolute atomic E-state index is 12.0. The summed E-state index contributed by atoms with van der Waals surface area (Å²) in [5, 5.41) is 14.7. The minimum atomic E-state index is -0.0596. The van der Waals surface area contributed by atoms with Crippen LogP contribution in [0.15, 0.2) is 28.1 Å². The van der Waals surface area contributed by atoms with E-state index < -0.39 is 0 Å². The summed E-state index contributed by atoms with van der Waals surface area (Å²) in [6.07, 6.45) is 0.348. The third-order valence-electron chi connectivity index (χ3n) is 3.24. The normalized spacial score (nSPS) is 11.9. The van der Waals surface area contributed by atoms with Crippen LogP contribution >= 0.6 is 23.1 Å². The Bertz CT molecular complexity index is 646. The number of nitriles is 1. The number of hydrogen-bond acceptors (Lipinski definition) is 6. The predicted molar refractivity (Wildman–Crippen MR) is 88.4 cm³/mol. The average Bonchev–Trinajstić information content (AvgIpc) is 3.17. The van der Waals surface area contributed by atoms with E-state index in [-0.39, 0.29) is 11.9 Å². The molecular formula is C15H17N3O2S2. The van der Waals surface area contributed by atoms with Gasteiger partial charge in [-0.25, -0.2) is 0 Å². The van der Waals surface area contributed by atoms with Gasteiger partial charge >= 0.3 is 0 Å². The summed E-state index contributed by atoms with van der Waals surface area (Å²) in [6.45, 7) is 1.87. The van der Waals surface area contributed by atoms with Crippen LogP contribution in [0.4, 0.5) is 0 Å². The summed E-state index contributed by atoms with van der Waals surface area (Å²) in [6, 6.07) is 7.88. The van der Waals surface area contributed by atoms with Crippen molar-refractivity contribution in [1.82, 2.24) is 10.1 Å². The molecule has 2 aromatic rings. The summed E-state index contributed by atoms with van der Waals surface area (Å²) >= 11 is 3.10. The van der Waals surface area contributed by atoms with Gasteiger partial charge in [-0.3, -0.25) is 4.79 Å². The summed E-state index contributed by atoms with van der Waals surface area (Å²) in [7, 11) is 1.73. The zero-order chi connectivity index (χ0) is 15.9. The van der Waals surface area contributed by atoms with Gasteiger partial charge in [0.2, 0.25) is 5.91 Å². The summed E-state index contributed by atoms with van der Waals surface area (Å²) in [5.41, 5.74) is 0.828. The highest BCUT2D eigenvalue weighted by Gasteiger charge is 2.15. The van der Waals surface area contributed by atoms with Crippen molar-refractivity contribution in [2.45, 2.75) is 25.1 Å². The van der Waals surface area contributed by atoms with Gasteiger partial charge in [0.05, 0.1) is 28.8 Å². The maximum atomic E-state index is 12.0. The first-order valence-corrected chi connectivity index (χ1v) is 8.85. The lowest BCUT2D eigenvalue weighted by Crippen LogP contribution is -2.36. The van der Waals surface area contributed by atoms with Crippen LogP contribution in [-0.4, -0.2) is 34.8 Å². The van der Waals surface area contributed by atoms with E-state index in [2.05, 4.69) is 11.2 Å². The van der Waals surface area contributed by atoms with E-state index in [1.54, 1.807) is 23.3 Å². The Morgan fingerprint density at radius 3 is 3.14 bits per heavy atom. The average molecular weight is 335 g/mol. The van der Waals surface area contributed by atoms with Crippen molar-refractivity contribution < 1.29 is 9.32 Å². The van der Waals surface area contributed by atoms with Crippen molar-refractivity contribution in [2.24, 2.45) is 0 Å². The number of rotatable bonds is 7. The molecule has 0 radical (unpaired) electrons. The Hall–Kier alpha value is -1.78. The lowest BCUT2D eigenvalue weighted by atomic mass is 10.2. The van der Waals surface area contributed by atoms with Crippen molar-refractivity contribution >= 4 is 29.0 Å². The zero-order valence-electron chi connectivity index (χ0n) is 12.5. The molecule has 22 heavy (non-hydrogen) atoms. The fourth-order valence-electron chi connectivity index (χ4n) is 1.77. The largest absolute Gasteiger partial charge is 0.355 e. The van der Waals surface area contributed by atoms with Gasteiger partial charge in [-0.1, -0.05) is 11.2 Å². The molecular weight excluding hydrogens is 318 g/mol. The van der Waals surface area contributed by atoms with Crippen LogP contribution in [0, 0.1) is 11.3 Å². The van der Waals surface area contributed by atoms with Gasteiger partial charge in [-0.05, 0) is 18.4 Å². The van der Waals surface area contributed by atoms with Gasteiger partial charge in [-0.15, -0.1) is 23.1 Å². The first-order chi connectivity index (χ1) is 10.6. The van der Waals surface area contributed by atoms with E-state index in [0.717, 1.165) is 16.3 Å². The smallest absolute Gasteiger partial charge is 0.232 e. The molecule has 0 aliphatic rings. The number of thioether (sulfide) groups is 1. The molecule has 7 heteroatoms. The number of nitrogens with zero attached hydrogens (tertiary/aromatic N) is 3. The van der Waals surface area contributed by atoms with E-state index in [4.69, 9.17) is 9.78 Å². The highest BCUT2D eigenvalue weighted by Crippen LogP contribution is 2.26. The number of hydrogen-bond donors (Lipinski definition) is 0. The van der Waals surface area contributed by atoms with Gasteiger partial charge in [-0.2, -0.15) is 5.26 Å². The zero-order valence-corrected chi connectivity index (χ0v) is 14.1. The third-order valence-corrected chi connectivity index (χ3v) is 5.08. The van der Waals surface area contributed by atoms with Gasteiger partial charge in [0, 0.05) is 24.9 Å². The number of carbonyl (C=O) groups is 1. The van der Waals surface area contributed by atoms with Gasteiger partial charge in [0.1, 0.15) is 0 Å². The minimum Gasteiger partial charge on any atom is -0.355 e. The molecule has 2 heterocycles. The lowest BCUT2D eigenvalue weighted by Gasteiger charge is -2.22. The highest BCUT2D eigenvalue weighted by atomic mass is 32.2. The molecule has 0 aliphatic heterocycles. The molecule has 1 amide bonds. The Balaban J connectivity index is 1.79. The van der Waals surface area contributed by atoms with Crippen molar-refractivity contribution in [2.75, 3.05) is 12.8 Å². The molecule has 5 nitrogen and oxygen atoms in total. The summed E-state index contributed by atoms with van der Waals surface area (Å²) in [5.74, 6) is 1.78. The molecule has 0 N–H and O–H groups in total. The van der Waals surface area contributed by atoms with Crippen molar-refractivity contribution in [3.63, 3.8) is 0 Å². The Morgan fingerprint density at radius 2 is 2.45 bits per heavy atom. The van der Waals surface area contributed by atoms with Crippen LogP contribution < -0.4 is 0 Å². The Morgan fingerprint density at radius 1 is 1.64 bits per heavy atom. The van der Waals surface area contributed by atoms with E-state index >= 15 is 0 Å². The topological polar surface area (TPSA) is 70.1 Å². The molecule has 2 rings (SSSR count). The van der Waals surface area contributed by atoms with Crippen LogP contribution in [0.3, 0.4) is 0 Å². The molecule has 0 spiro atoms. The molecule has 2 aromatic heterocycles. The fourth-order valence-corrected chi connectivity index (χ4v) is 3.27. The number of amides is 1. The van der Waals surface area contributed by atoms with Gasteiger partial charge in [0.15, 0.2) is 5.76 Å². The highest BCUT2D eigenvalue weighted by molar-refractivity contribution is 7.99. The SMILES string of the molecule is CC(CC#N)N(C)C(=O)CSCc1cc(-c2cccs2)on1. The molecule has 0 saturated heterocycles. The maximum Gasteiger partial charge on any atom is 0.232 e. The monoisotopic (exact) mass is 335 g/mol. The molecule has 0 aliphatic carbocycles. The van der Waals surface area contributed by atoms with Crippen LogP contribution in [0.1, 0.15) is 19.0 Å². The van der Waals surface area contributed by atoms with Crippen LogP contribution in [0.5, 0.6) is 0 Å². The second-order valence-corrected chi connectivity index (χ2v) is 6.80. The number of thiophene rings is 1. The van der Waals surface area contributed by atoms with E-state index in [1.165, 1.54) is 11.8 Å². The minimum absolute atomic E-state index is 0.0229. The Kier molecular flexibility index (Phi) is 6.04. The molecule has 1 atom stereocenters. The molecule has 1 unspecified atom stereocenters. The van der Waals surface area contributed by atoms with E-state index in [1.807, 2.05) is 30.5 Å².